The van der Waals surface area contributed by atoms with Gasteiger partial charge in [-0.1, -0.05) is 0 Å². The van der Waals surface area contributed by atoms with Crippen molar-refractivity contribution in [3.63, 3.8) is 0 Å². The third-order valence-electron chi connectivity index (χ3n) is 2.64. The molecule has 130 valence electrons. The molecule has 0 aliphatic heterocycles. The van der Waals surface area contributed by atoms with Crippen LogP contribution in [0.15, 0.2) is 17.1 Å². The summed E-state index contributed by atoms with van der Waals surface area (Å²) in [5, 5.41) is 9.71. The van der Waals surface area contributed by atoms with E-state index in [4.69, 9.17) is 9.47 Å². The van der Waals surface area contributed by atoms with Crippen molar-refractivity contribution in [3.05, 3.63) is 22.6 Å². The Morgan fingerprint density at radius 3 is 2.70 bits per heavy atom. The summed E-state index contributed by atoms with van der Waals surface area (Å²) in [6.45, 7) is 9.63. The van der Waals surface area contributed by atoms with Gasteiger partial charge in [0.25, 0.3) is 5.56 Å². The lowest BCUT2D eigenvalue weighted by Gasteiger charge is -2.19. The topological polar surface area (TPSA) is 94.5 Å². The van der Waals surface area contributed by atoms with Crippen LogP contribution in [-0.4, -0.2) is 47.8 Å². The molecular formula is C15H26N4O4. The monoisotopic (exact) mass is 326 g/mol. The van der Waals surface area contributed by atoms with Crippen LogP contribution in [0.5, 0.6) is 0 Å². The van der Waals surface area contributed by atoms with E-state index in [2.05, 4.69) is 15.7 Å². The molecular weight excluding hydrogens is 300 g/mol. The molecule has 2 N–H and O–H groups in total. The molecule has 0 saturated carbocycles. The average Bonchev–Trinajstić information content (AvgIpc) is 2.44. The molecule has 23 heavy (non-hydrogen) atoms. The maximum atomic E-state index is 11.8. The van der Waals surface area contributed by atoms with Crippen molar-refractivity contribution in [1.82, 2.24) is 15.1 Å². The summed E-state index contributed by atoms with van der Waals surface area (Å²) < 4.78 is 11.7. The van der Waals surface area contributed by atoms with E-state index in [1.54, 1.807) is 27.0 Å². The van der Waals surface area contributed by atoms with Gasteiger partial charge in [-0.2, -0.15) is 5.10 Å². The first kappa shape index (κ1) is 19.0. The second-order valence-corrected chi connectivity index (χ2v) is 5.86. The Hall–Kier alpha value is -2.09. The summed E-state index contributed by atoms with van der Waals surface area (Å²) in [5.41, 5.74) is -0.114. The average molecular weight is 326 g/mol. The van der Waals surface area contributed by atoms with Gasteiger partial charge in [0.1, 0.15) is 5.60 Å². The number of rotatable bonds is 8. The van der Waals surface area contributed by atoms with Crippen molar-refractivity contribution < 1.29 is 14.3 Å². The fourth-order valence-electron chi connectivity index (χ4n) is 1.68. The van der Waals surface area contributed by atoms with Gasteiger partial charge in [-0.3, -0.25) is 4.79 Å². The maximum Gasteiger partial charge on any atom is 0.407 e. The van der Waals surface area contributed by atoms with Gasteiger partial charge in [0, 0.05) is 25.8 Å². The number of amides is 1. The van der Waals surface area contributed by atoms with Gasteiger partial charge in [-0.05, 0) is 27.7 Å². The van der Waals surface area contributed by atoms with Crippen LogP contribution < -0.4 is 16.2 Å². The van der Waals surface area contributed by atoms with Crippen LogP contribution >= 0.6 is 0 Å². The molecule has 0 unspecified atom stereocenters. The Morgan fingerprint density at radius 2 is 2.09 bits per heavy atom. The van der Waals surface area contributed by atoms with Gasteiger partial charge >= 0.3 is 6.09 Å². The fraction of sp³-hybridized carbons (Fsp3) is 0.667. The highest BCUT2D eigenvalue weighted by Crippen LogP contribution is 2.06. The first-order valence-electron chi connectivity index (χ1n) is 7.67. The number of carbonyl (C=O) groups is 1. The highest BCUT2D eigenvalue weighted by molar-refractivity contribution is 5.67. The van der Waals surface area contributed by atoms with Gasteiger partial charge in [0.15, 0.2) is 0 Å². The smallest absolute Gasteiger partial charge is 0.407 e. The number of hydrogen-bond donors (Lipinski definition) is 2. The summed E-state index contributed by atoms with van der Waals surface area (Å²) in [4.78, 5) is 23.3. The number of nitrogens with one attached hydrogen (secondary N) is 2. The SMILES string of the molecule is CCOCCn1ncc(NCCNC(=O)OC(C)(C)C)cc1=O. The quantitative estimate of drug-likeness (QED) is 0.698. The number of aromatic nitrogens is 2. The van der Waals surface area contributed by atoms with E-state index in [0.29, 0.717) is 38.5 Å². The van der Waals surface area contributed by atoms with Crippen molar-refractivity contribution in [2.45, 2.75) is 39.8 Å². The molecule has 1 aromatic heterocycles. The minimum Gasteiger partial charge on any atom is -0.444 e. The van der Waals surface area contributed by atoms with Gasteiger partial charge in [-0.15, -0.1) is 0 Å². The molecule has 0 aliphatic rings. The molecule has 8 nitrogen and oxygen atoms in total. The molecule has 0 radical (unpaired) electrons. The molecule has 0 spiro atoms. The largest absolute Gasteiger partial charge is 0.444 e. The Bertz CT molecular complexity index is 551. The summed E-state index contributed by atoms with van der Waals surface area (Å²) >= 11 is 0. The summed E-state index contributed by atoms with van der Waals surface area (Å²) in [6.07, 6.45) is 1.10. The number of hydrogen-bond acceptors (Lipinski definition) is 6. The van der Waals surface area contributed by atoms with E-state index in [-0.39, 0.29) is 5.56 Å². The Morgan fingerprint density at radius 1 is 1.35 bits per heavy atom. The molecule has 0 fully saturated rings. The van der Waals surface area contributed by atoms with Crippen molar-refractivity contribution in [1.29, 1.82) is 0 Å². The molecule has 0 atom stereocenters. The number of nitrogens with zero attached hydrogens (tertiary/aromatic N) is 2. The van der Waals surface area contributed by atoms with Crippen molar-refractivity contribution in [2.24, 2.45) is 0 Å². The van der Waals surface area contributed by atoms with Crippen LogP contribution in [0.3, 0.4) is 0 Å². The van der Waals surface area contributed by atoms with E-state index in [1.165, 1.54) is 10.7 Å². The maximum absolute atomic E-state index is 11.8. The predicted molar refractivity (Wildman–Crippen MR) is 87.7 cm³/mol. The van der Waals surface area contributed by atoms with Gasteiger partial charge in [0.2, 0.25) is 0 Å². The van der Waals surface area contributed by atoms with Gasteiger partial charge in [-0.25, -0.2) is 9.48 Å². The molecule has 1 aromatic rings. The third-order valence-corrected chi connectivity index (χ3v) is 2.64. The third kappa shape index (κ3) is 8.20. The molecule has 0 aromatic carbocycles. The van der Waals surface area contributed by atoms with Crippen LogP contribution in [-0.2, 0) is 16.0 Å². The molecule has 0 aliphatic carbocycles. The predicted octanol–water partition coefficient (Wildman–Crippen LogP) is 1.22. The fourth-order valence-corrected chi connectivity index (χ4v) is 1.68. The van der Waals surface area contributed by atoms with E-state index in [1.807, 2.05) is 6.92 Å². The highest BCUT2D eigenvalue weighted by Gasteiger charge is 2.15. The lowest BCUT2D eigenvalue weighted by molar-refractivity contribution is 0.0530. The van der Waals surface area contributed by atoms with Crippen molar-refractivity contribution in [2.75, 3.05) is 31.6 Å². The highest BCUT2D eigenvalue weighted by atomic mass is 16.6. The van der Waals surface area contributed by atoms with Crippen molar-refractivity contribution in [3.8, 4) is 0 Å². The van der Waals surface area contributed by atoms with Crippen LogP contribution in [0.25, 0.3) is 0 Å². The number of ether oxygens (including phenoxy) is 2. The lowest BCUT2D eigenvalue weighted by Crippen LogP contribution is -2.35. The van der Waals surface area contributed by atoms with Gasteiger partial charge < -0.3 is 20.1 Å². The van der Waals surface area contributed by atoms with Crippen LogP contribution in [0.1, 0.15) is 27.7 Å². The standard InChI is InChI=1S/C15H26N4O4/c1-5-22-9-8-19-13(20)10-12(11-18-19)16-6-7-17-14(21)23-15(2,3)4/h10-11,16H,5-9H2,1-4H3,(H,17,21). The minimum atomic E-state index is -0.520. The summed E-state index contributed by atoms with van der Waals surface area (Å²) in [7, 11) is 0. The van der Waals surface area contributed by atoms with Crippen LogP contribution in [0.4, 0.5) is 10.5 Å². The summed E-state index contributed by atoms with van der Waals surface area (Å²) in [5.74, 6) is 0. The Kier molecular flexibility index (Phi) is 7.53. The normalized spacial score (nSPS) is 11.1. The zero-order chi connectivity index (χ0) is 17.3. The van der Waals surface area contributed by atoms with E-state index in [0.717, 1.165) is 0 Å². The first-order chi connectivity index (χ1) is 10.8. The Balaban J connectivity index is 2.34. The molecule has 1 heterocycles. The molecule has 8 heteroatoms. The van der Waals surface area contributed by atoms with E-state index >= 15 is 0 Å². The second kappa shape index (κ2) is 9.14. The van der Waals surface area contributed by atoms with Gasteiger partial charge in [0.05, 0.1) is 25.0 Å². The Labute approximate surface area is 136 Å². The zero-order valence-electron chi connectivity index (χ0n) is 14.2. The molecule has 1 amide bonds. The number of carbonyl (C=O) groups excluding carboxylic acids is 1. The van der Waals surface area contributed by atoms with Crippen LogP contribution in [0.2, 0.25) is 0 Å². The molecule has 0 bridgehead atoms. The molecule has 1 rings (SSSR count). The van der Waals surface area contributed by atoms with E-state index < -0.39 is 11.7 Å². The summed E-state index contributed by atoms with van der Waals surface area (Å²) in [6, 6.07) is 1.46. The zero-order valence-corrected chi connectivity index (χ0v) is 14.2. The van der Waals surface area contributed by atoms with Crippen molar-refractivity contribution >= 4 is 11.8 Å². The minimum absolute atomic E-state index is 0.199. The first-order valence-corrected chi connectivity index (χ1v) is 7.67. The number of alkyl carbamates (subject to hydrolysis) is 1. The van der Waals surface area contributed by atoms with Crippen LogP contribution in [0, 0.1) is 0 Å². The number of anilines is 1. The molecule has 0 saturated heterocycles. The second-order valence-electron chi connectivity index (χ2n) is 5.86. The lowest BCUT2D eigenvalue weighted by atomic mass is 10.2. The van der Waals surface area contributed by atoms with E-state index in [9.17, 15) is 9.59 Å².